The number of rotatable bonds is 3. The monoisotopic (exact) mass is 229 g/mol. The lowest BCUT2D eigenvalue weighted by Gasteiger charge is -2.21. The molecule has 1 unspecified atom stereocenters. The van der Waals surface area contributed by atoms with Gasteiger partial charge in [-0.05, 0) is 31.2 Å². The zero-order chi connectivity index (χ0) is 11.9. The first-order chi connectivity index (χ1) is 8.40. The van der Waals surface area contributed by atoms with E-state index in [2.05, 4.69) is 29.4 Å². The minimum absolute atomic E-state index is 0.439. The van der Waals surface area contributed by atoms with Crippen molar-refractivity contribution in [1.82, 2.24) is 0 Å². The summed E-state index contributed by atoms with van der Waals surface area (Å²) in [6.45, 7) is 0. The molecule has 0 amide bonds. The van der Waals surface area contributed by atoms with Crippen LogP contribution in [0.2, 0.25) is 0 Å². The molecule has 0 heterocycles. The molecule has 1 aliphatic rings. The molecule has 0 aliphatic heterocycles. The van der Waals surface area contributed by atoms with Crippen LogP contribution in [-0.4, -0.2) is 10.9 Å². The molecule has 0 saturated heterocycles. The topological polar surface area (TPSA) is 32.6 Å². The summed E-state index contributed by atoms with van der Waals surface area (Å²) in [4.78, 5) is 0. The number of oxime groups is 1. The Balaban J connectivity index is 1.91. The average molecular weight is 229 g/mol. The smallest absolute Gasteiger partial charge is 0.0604 e. The quantitative estimate of drug-likeness (QED) is 0.614. The predicted octanol–water partition coefficient (Wildman–Crippen LogP) is 4.11. The number of hydrogen-bond donors (Lipinski definition) is 1. The van der Waals surface area contributed by atoms with Gasteiger partial charge < -0.3 is 5.21 Å². The molecular weight excluding hydrogens is 210 g/mol. The lowest BCUT2D eigenvalue weighted by molar-refractivity contribution is 0.309. The number of allylic oxidation sites excluding steroid dienone is 1. The number of nitrogens with zero attached hydrogens (tertiary/aromatic N) is 1. The summed E-state index contributed by atoms with van der Waals surface area (Å²) in [5.74, 6) is 0.439. The van der Waals surface area contributed by atoms with Crippen molar-refractivity contribution in [2.75, 3.05) is 0 Å². The molecule has 1 aromatic rings. The maximum absolute atomic E-state index is 8.94. The van der Waals surface area contributed by atoms with Crippen LogP contribution >= 0.6 is 0 Å². The van der Waals surface area contributed by atoms with Crippen LogP contribution in [0.1, 0.15) is 37.7 Å². The molecule has 1 aromatic carbocycles. The van der Waals surface area contributed by atoms with Crippen LogP contribution in [-0.2, 0) is 0 Å². The van der Waals surface area contributed by atoms with Gasteiger partial charge in [0.05, 0.1) is 5.71 Å². The van der Waals surface area contributed by atoms with Gasteiger partial charge in [0, 0.05) is 5.92 Å². The fraction of sp³-hybridized carbons (Fsp3) is 0.400. The summed E-state index contributed by atoms with van der Waals surface area (Å²) in [7, 11) is 0. The highest BCUT2D eigenvalue weighted by Gasteiger charge is 2.19. The molecule has 1 aliphatic carbocycles. The van der Waals surface area contributed by atoms with Crippen LogP contribution < -0.4 is 0 Å². The summed E-state index contributed by atoms with van der Waals surface area (Å²) >= 11 is 0. The van der Waals surface area contributed by atoms with Crippen molar-refractivity contribution in [2.24, 2.45) is 11.1 Å². The molecule has 1 atom stereocenters. The van der Waals surface area contributed by atoms with Gasteiger partial charge in [0.15, 0.2) is 0 Å². The van der Waals surface area contributed by atoms with Crippen molar-refractivity contribution >= 4 is 11.8 Å². The van der Waals surface area contributed by atoms with E-state index in [4.69, 9.17) is 5.21 Å². The van der Waals surface area contributed by atoms with Gasteiger partial charge >= 0.3 is 0 Å². The van der Waals surface area contributed by atoms with E-state index in [1.165, 1.54) is 12.0 Å². The van der Waals surface area contributed by atoms with Crippen LogP contribution in [0, 0.1) is 5.92 Å². The van der Waals surface area contributed by atoms with Crippen molar-refractivity contribution in [3.63, 3.8) is 0 Å². The first-order valence-corrected chi connectivity index (χ1v) is 6.32. The molecule has 90 valence electrons. The van der Waals surface area contributed by atoms with Crippen molar-refractivity contribution in [3.8, 4) is 0 Å². The van der Waals surface area contributed by atoms with Crippen LogP contribution in [0.4, 0.5) is 0 Å². The second-order valence-corrected chi connectivity index (χ2v) is 4.58. The van der Waals surface area contributed by atoms with Gasteiger partial charge in [0.25, 0.3) is 0 Å². The van der Waals surface area contributed by atoms with Crippen LogP contribution in [0.5, 0.6) is 0 Å². The van der Waals surface area contributed by atoms with E-state index < -0.39 is 0 Å². The lowest BCUT2D eigenvalue weighted by atomic mass is 9.85. The molecule has 0 bridgehead atoms. The fourth-order valence-corrected chi connectivity index (χ4v) is 2.39. The third-order valence-electron chi connectivity index (χ3n) is 3.37. The highest BCUT2D eigenvalue weighted by atomic mass is 16.4. The van der Waals surface area contributed by atoms with Gasteiger partial charge in [0.2, 0.25) is 0 Å². The molecule has 1 fully saturated rings. The fourth-order valence-electron chi connectivity index (χ4n) is 2.39. The van der Waals surface area contributed by atoms with Crippen LogP contribution in [0.3, 0.4) is 0 Å². The second kappa shape index (κ2) is 6.24. The summed E-state index contributed by atoms with van der Waals surface area (Å²) in [5, 5.41) is 12.4. The van der Waals surface area contributed by atoms with Crippen LogP contribution in [0.15, 0.2) is 41.6 Å². The Hall–Kier alpha value is -1.57. The molecule has 17 heavy (non-hydrogen) atoms. The Morgan fingerprint density at radius 1 is 1.24 bits per heavy atom. The zero-order valence-corrected chi connectivity index (χ0v) is 10.0. The Morgan fingerprint density at radius 3 is 2.82 bits per heavy atom. The number of benzene rings is 1. The Kier molecular flexibility index (Phi) is 4.37. The third-order valence-corrected chi connectivity index (χ3v) is 3.37. The van der Waals surface area contributed by atoms with E-state index in [-0.39, 0.29) is 0 Å². The molecule has 0 radical (unpaired) electrons. The van der Waals surface area contributed by atoms with Crippen molar-refractivity contribution in [1.29, 1.82) is 0 Å². The van der Waals surface area contributed by atoms with Gasteiger partial charge in [-0.2, -0.15) is 0 Å². The summed E-state index contributed by atoms with van der Waals surface area (Å²) in [5.41, 5.74) is 2.21. The van der Waals surface area contributed by atoms with Gasteiger partial charge in [-0.1, -0.05) is 54.1 Å². The normalized spacial score (nSPS) is 23.3. The van der Waals surface area contributed by atoms with Gasteiger partial charge in [-0.3, -0.25) is 0 Å². The van der Waals surface area contributed by atoms with E-state index in [9.17, 15) is 0 Å². The molecule has 0 spiro atoms. The standard InChI is InChI=1S/C15H19NO/c17-16-15-12-5-4-10-14(15)11-6-9-13-7-2-1-3-8-13/h1-3,6-9,14,17H,4-5,10-12H2/b9-6+,16-15-. The van der Waals surface area contributed by atoms with Gasteiger partial charge in [-0.25, -0.2) is 0 Å². The maximum atomic E-state index is 8.94. The van der Waals surface area contributed by atoms with Gasteiger partial charge in [-0.15, -0.1) is 0 Å². The highest BCUT2D eigenvalue weighted by Crippen LogP contribution is 2.25. The van der Waals surface area contributed by atoms with E-state index >= 15 is 0 Å². The van der Waals surface area contributed by atoms with E-state index in [0.29, 0.717) is 5.92 Å². The minimum Gasteiger partial charge on any atom is -0.411 e. The average Bonchev–Trinajstić information content (AvgIpc) is 2.40. The zero-order valence-electron chi connectivity index (χ0n) is 10.0. The summed E-state index contributed by atoms with van der Waals surface area (Å²) in [6, 6.07) is 10.3. The third kappa shape index (κ3) is 3.45. The number of hydrogen-bond acceptors (Lipinski definition) is 2. The molecule has 1 N–H and O–H groups in total. The summed E-state index contributed by atoms with van der Waals surface area (Å²) < 4.78 is 0. The minimum atomic E-state index is 0.439. The van der Waals surface area contributed by atoms with Crippen molar-refractivity contribution in [2.45, 2.75) is 32.1 Å². The Morgan fingerprint density at radius 2 is 2.06 bits per heavy atom. The second-order valence-electron chi connectivity index (χ2n) is 4.58. The molecule has 2 nitrogen and oxygen atoms in total. The van der Waals surface area contributed by atoms with E-state index in [1.807, 2.05) is 18.2 Å². The first kappa shape index (κ1) is 11.9. The highest BCUT2D eigenvalue weighted by molar-refractivity contribution is 5.87. The predicted molar refractivity (Wildman–Crippen MR) is 71.3 cm³/mol. The van der Waals surface area contributed by atoms with E-state index in [1.54, 1.807) is 0 Å². The van der Waals surface area contributed by atoms with Crippen LogP contribution in [0.25, 0.3) is 6.08 Å². The first-order valence-electron chi connectivity index (χ1n) is 6.32. The summed E-state index contributed by atoms with van der Waals surface area (Å²) in [6.07, 6.45) is 9.84. The molecule has 2 heteroatoms. The lowest BCUT2D eigenvalue weighted by Crippen LogP contribution is -2.18. The molecule has 1 saturated carbocycles. The largest absolute Gasteiger partial charge is 0.411 e. The SMILES string of the molecule is O/N=C1/CCCCC1C/C=C/c1ccccc1. The van der Waals surface area contributed by atoms with Crippen molar-refractivity contribution < 1.29 is 5.21 Å². The molecule has 0 aromatic heterocycles. The Labute approximate surface area is 103 Å². The van der Waals surface area contributed by atoms with E-state index in [0.717, 1.165) is 31.4 Å². The van der Waals surface area contributed by atoms with Crippen molar-refractivity contribution in [3.05, 3.63) is 42.0 Å². The molecular formula is C15H19NO. The maximum Gasteiger partial charge on any atom is 0.0604 e. The Bertz CT molecular complexity index is 395. The molecule has 2 rings (SSSR count). The van der Waals surface area contributed by atoms with Gasteiger partial charge in [0.1, 0.15) is 0 Å².